The average molecular weight is 307 g/mol. The van der Waals surface area contributed by atoms with Gasteiger partial charge >= 0.3 is 6.03 Å². The molecule has 2 aromatic carbocycles. The Labute approximate surface area is 134 Å². The first kappa shape index (κ1) is 14.8. The van der Waals surface area contributed by atoms with Gasteiger partial charge in [-0.3, -0.25) is 0 Å². The number of hydrogen-bond acceptors (Lipinski definition) is 3. The highest BCUT2D eigenvalue weighted by Gasteiger charge is 2.12. The first-order valence-corrected chi connectivity index (χ1v) is 7.26. The summed E-state index contributed by atoms with van der Waals surface area (Å²) >= 11 is 0. The third-order valence-corrected chi connectivity index (χ3v) is 3.46. The van der Waals surface area contributed by atoms with Crippen molar-refractivity contribution < 1.29 is 4.79 Å². The van der Waals surface area contributed by atoms with E-state index in [0.717, 1.165) is 22.5 Å². The molecule has 2 N–H and O–H groups in total. The van der Waals surface area contributed by atoms with Crippen molar-refractivity contribution >= 4 is 11.7 Å². The van der Waals surface area contributed by atoms with Crippen molar-refractivity contribution in [1.82, 2.24) is 15.1 Å². The van der Waals surface area contributed by atoms with E-state index in [9.17, 15) is 4.79 Å². The second-order valence-corrected chi connectivity index (χ2v) is 5.23. The Balaban J connectivity index is 1.72. The molecule has 0 radical (unpaired) electrons. The Morgan fingerprint density at radius 1 is 1.00 bits per heavy atom. The van der Waals surface area contributed by atoms with E-state index in [4.69, 9.17) is 0 Å². The highest BCUT2D eigenvalue weighted by molar-refractivity contribution is 5.95. The van der Waals surface area contributed by atoms with Crippen LogP contribution in [0, 0.1) is 13.8 Å². The maximum absolute atomic E-state index is 12.1. The molecule has 6 heteroatoms. The highest BCUT2D eigenvalue weighted by atomic mass is 16.2. The molecule has 0 aliphatic carbocycles. The molecule has 1 heterocycles. The molecule has 3 aromatic rings. The fourth-order valence-electron chi connectivity index (χ4n) is 2.19. The minimum Gasteiger partial charge on any atom is -0.307 e. The molecule has 2 amide bonds. The number of amides is 2. The number of rotatable bonds is 3. The molecule has 0 saturated heterocycles. The van der Waals surface area contributed by atoms with Crippen LogP contribution >= 0.6 is 0 Å². The van der Waals surface area contributed by atoms with E-state index in [1.54, 1.807) is 0 Å². The third kappa shape index (κ3) is 3.37. The number of benzene rings is 2. The monoisotopic (exact) mass is 307 g/mol. The Morgan fingerprint density at radius 3 is 2.39 bits per heavy atom. The minimum atomic E-state index is -0.374. The van der Waals surface area contributed by atoms with Gasteiger partial charge in [0.2, 0.25) is 0 Å². The zero-order chi connectivity index (χ0) is 16.2. The van der Waals surface area contributed by atoms with Gasteiger partial charge in [0.1, 0.15) is 5.69 Å². The summed E-state index contributed by atoms with van der Waals surface area (Å²) in [6.45, 7) is 3.85. The Hall–Kier alpha value is -3.15. The molecule has 0 aliphatic rings. The first-order valence-electron chi connectivity index (χ1n) is 7.26. The molecule has 1 aromatic heterocycles. The number of carbonyl (C=O) groups excluding carboxylic acids is 1. The van der Waals surface area contributed by atoms with Gasteiger partial charge in [-0.15, -0.1) is 5.10 Å². The van der Waals surface area contributed by atoms with Crippen LogP contribution in [0.2, 0.25) is 0 Å². The molecular weight excluding hydrogens is 290 g/mol. The van der Waals surface area contributed by atoms with Crippen molar-refractivity contribution in [2.45, 2.75) is 13.8 Å². The van der Waals surface area contributed by atoms with Gasteiger partial charge in [-0.25, -0.2) is 10.2 Å². The van der Waals surface area contributed by atoms with Crippen LogP contribution in [0.5, 0.6) is 0 Å². The van der Waals surface area contributed by atoms with Crippen LogP contribution in [0.15, 0.2) is 54.6 Å². The molecule has 0 bridgehead atoms. The molecule has 116 valence electrons. The van der Waals surface area contributed by atoms with Crippen molar-refractivity contribution in [3.63, 3.8) is 0 Å². The minimum absolute atomic E-state index is 0.374. The molecule has 0 atom stereocenters. The predicted molar refractivity (Wildman–Crippen MR) is 89.8 cm³/mol. The second-order valence-electron chi connectivity index (χ2n) is 5.23. The molecule has 0 spiro atoms. The van der Waals surface area contributed by atoms with Crippen LogP contribution in [0.3, 0.4) is 0 Å². The van der Waals surface area contributed by atoms with E-state index in [1.807, 2.05) is 68.4 Å². The van der Waals surface area contributed by atoms with Gasteiger partial charge in [-0.05, 0) is 31.2 Å². The summed E-state index contributed by atoms with van der Waals surface area (Å²) in [5.74, 6) is 0. The quantitative estimate of drug-likeness (QED) is 0.779. The van der Waals surface area contributed by atoms with E-state index < -0.39 is 0 Å². The van der Waals surface area contributed by atoms with Crippen molar-refractivity contribution in [3.05, 3.63) is 65.9 Å². The Bertz CT molecular complexity index is 809. The lowest BCUT2D eigenvalue weighted by Crippen LogP contribution is -2.29. The molecule has 3 rings (SSSR count). The number of nitrogens with one attached hydrogen (secondary N) is 2. The van der Waals surface area contributed by atoms with Crippen LogP contribution in [-0.2, 0) is 0 Å². The third-order valence-electron chi connectivity index (χ3n) is 3.46. The zero-order valence-electron chi connectivity index (χ0n) is 12.9. The Morgan fingerprint density at radius 2 is 1.70 bits per heavy atom. The smallest absolute Gasteiger partial charge is 0.307 e. The number of nitrogens with zero attached hydrogens (tertiary/aromatic N) is 3. The number of aryl methyl sites for hydroxylation is 1. The van der Waals surface area contributed by atoms with Crippen molar-refractivity contribution in [2.75, 3.05) is 10.7 Å². The maximum Gasteiger partial charge on any atom is 0.339 e. The first-order chi connectivity index (χ1) is 11.1. The van der Waals surface area contributed by atoms with Gasteiger partial charge in [0, 0.05) is 11.3 Å². The summed E-state index contributed by atoms with van der Waals surface area (Å²) in [7, 11) is 0. The van der Waals surface area contributed by atoms with E-state index in [-0.39, 0.29) is 6.03 Å². The van der Waals surface area contributed by atoms with Crippen LogP contribution < -0.4 is 10.7 Å². The van der Waals surface area contributed by atoms with Crippen molar-refractivity contribution in [1.29, 1.82) is 0 Å². The number of carbonyl (C=O) groups is 1. The lowest BCUT2D eigenvalue weighted by Gasteiger charge is -2.08. The average Bonchev–Trinajstić information content (AvgIpc) is 2.91. The summed E-state index contributed by atoms with van der Waals surface area (Å²) in [5.41, 5.74) is 6.96. The summed E-state index contributed by atoms with van der Waals surface area (Å²) in [6, 6.07) is 16.9. The molecule has 0 fully saturated rings. The summed E-state index contributed by atoms with van der Waals surface area (Å²) in [6.07, 6.45) is 0. The van der Waals surface area contributed by atoms with E-state index in [2.05, 4.69) is 21.1 Å². The molecule has 0 aliphatic heterocycles. The predicted octanol–water partition coefficient (Wildman–Crippen LogP) is 3.34. The van der Waals surface area contributed by atoms with Gasteiger partial charge < -0.3 is 5.32 Å². The van der Waals surface area contributed by atoms with E-state index >= 15 is 0 Å². The maximum atomic E-state index is 12.1. The van der Waals surface area contributed by atoms with Crippen molar-refractivity contribution in [2.24, 2.45) is 0 Å². The second kappa shape index (κ2) is 6.31. The van der Waals surface area contributed by atoms with Crippen LogP contribution in [-0.4, -0.2) is 21.1 Å². The fraction of sp³-hybridized carbons (Fsp3) is 0.118. The highest BCUT2D eigenvalue weighted by Crippen LogP contribution is 2.19. The van der Waals surface area contributed by atoms with E-state index in [1.165, 1.54) is 4.79 Å². The molecular formula is C17H17N5O. The number of urea groups is 1. The van der Waals surface area contributed by atoms with Crippen molar-refractivity contribution in [3.8, 4) is 11.3 Å². The summed E-state index contributed by atoms with van der Waals surface area (Å²) in [4.78, 5) is 13.4. The van der Waals surface area contributed by atoms with Gasteiger partial charge in [-0.2, -0.15) is 4.79 Å². The Kier molecular flexibility index (Phi) is 4.05. The fourth-order valence-corrected chi connectivity index (χ4v) is 2.19. The summed E-state index contributed by atoms with van der Waals surface area (Å²) < 4.78 is 0. The topological polar surface area (TPSA) is 71.8 Å². The zero-order valence-corrected chi connectivity index (χ0v) is 12.9. The van der Waals surface area contributed by atoms with Crippen LogP contribution in [0.4, 0.5) is 10.5 Å². The normalized spacial score (nSPS) is 10.3. The van der Waals surface area contributed by atoms with E-state index in [0.29, 0.717) is 5.69 Å². The standard InChI is InChI=1S/C17H17N5O/c1-12-8-10-15(11-9-12)18-17(23)20-22-13(2)16(19-21-22)14-6-4-3-5-7-14/h3-11H,1-2H3,(H2,18,20,23). The van der Waals surface area contributed by atoms with Crippen LogP contribution in [0.1, 0.15) is 11.3 Å². The molecule has 0 unspecified atom stereocenters. The lowest BCUT2D eigenvalue weighted by atomic mass is 10.1. The SMILES string of the molecule is Cc1ccc(NC(=O)Nn2nnc(-c3ccccc3)c2C)cc1. The van der Waals surface area contributed by atoms with Gasteiger partial charge in [0.25, 0.3) is 0 Å². The van der Waals surface area contributed by atoms with Crippen LogP contribution in [0.25, 0.3) is 11.3 Å². The van der Waals surface area contributed by atoms with Gasteiger partial charge in [-0.1, -0.05) is 48.0 Å². The molecule has 0 saturated carbocycles. The number of anilines is 1. The summed E-state index contributed by atoms with van der Waals surface area (Å²) in [5, 5.41) is 10.9. The number of aromatic nitrogens is 3. The lowest BCUT2D eigenvalue weighted by molar-refractivity contribution is 0.259. The van der Waals surface area contributed by atoms with Gasteiger partial charge in [0.05, 0.1) is 5.69 Å². The molecule has 23 heavy (non-hydrogen) atoms. The van der Waals surface area contributed by atoms with Gasteiger partial charge in [0.15, 0.2) is 0 Å². The molecule has 6 nitrogen and oxygen atoms in total. The number of hydrogen-bond donors (Lipinski definition) is 2. The largest absolute Gasteiger partial charge is 0.339 e.